The molecule has 1 N–H and O–H groups in total. The molecule has 0 aliphatic carbocycles. The molecular formula is C23H26F2N4O3S. The van der Waals surface area contributed by atoms with Gasteiger partial charge < -0.3 is 19.4 Å². The van der Waals surface area contributed by atoms with Gasteiger partial charge in [-0.15, -0.1) is 10.2 Å². The van der Waals surface area contributed by atoms with Gasteiger partial charge >= 0.3 is 0 Å². The zero-order valence-electron chi connectivity index (χ0n) is 18.8. The molecule has 33 heavy (non-hydrogen) atoms. The van der Waals surface area contributed by atoms with Gasteiger partial charge in [0.25, 0.3) is 0 Å². The molecule has 0 bridgehead atoms. The van der Waals surface area contributed by atoms with Crippen LogP contribution in [0.3, 0.4) is 0 Å². The Morgan fingerprint density at radius 2 is 1.70 bits per heavy atom. The molecule has 3 aromatic rings. The van der Waals surface area contributed by atoms with Crippen LogP contribution in [0.1, 0.15) is 32.7 Å². The minimum absolute atomic E-state index is 0.0856. The van der Waals surface area contributed by atoms with Crippen LogP contribution in [0.4, 0.5) is 14.5 Å². The molecule has 0 radical (unpaired) electrons. The number of benzene rings is 2. The third-order valence-corrected chi connectivity index (χ3v) is 5.56. The Balaban J connectivity index is 1.71. The van der Waals surface area contributed by atoms with Crippen molar-refractivity contribution in [1.82, 2.24) is 14.8 Å². The number of hydrogen-bond donors (Lipinski definition) is 1. The fourth-order valence-corrected chi connectivity index (χ4v) is 3.83. The molecule has 7 nitrogen and oxygen atoms in total. The molecule has 2 aromatic carbocycles. The van der Waals surface area contributed by atoms with Gasteiger partial charge in [0, 0.05) is 6.54 Å². The number of methoxy groups -OCH3 is 1. The number of nitrogens with one attached hydrogen (secondary N) is 1. The lowest BCUT2D eigenvalue weighted by atomic mass is 10.2. The Hall–Kier alpha value is -3.14. The van der Waals surface area contributed by atoms with E-state index in [2.05, 4.69) is 29.4 Å². The van der Waals surface area contributed by atoms with Gasteiger partial charge in [0.1, 0.15) is 28.8 Å². The molecule has 176 valence electrons. The Bertz CT molecular complexity index is 1070. The lowest BCUT2D eigenvalue weighted by Crippen LogP contribution is -2.18. The number of halogens is 2. The van der Waals surface area contributed by atoms with E-state index in [1.165, 1.54) is 6.07 Å². The number of ether oxygens (including phenoxy) is 2. The molecule has 3 rings (SSSR count). The molecule has 1 heterocycles. The minimum Gasteiger partial charge on any atom is -0.497 e. The number of thioether (sulfide) groups is 1. The molecule has 0 spiro atoms. The van der Waals surface area contributed by atoms with Crippen molar-refractivity contribution in [3.05, 3.63) is 59.9 Å². The van der Waals surface area contributed by atoms with Gasteiger partial charge in [-0.3, -0.25) is 4.79 Å². The summed E-state index contributed by atoms with van der Waals surface area (Å²) in [5, 5.41) is 11.3. The molecule has 0 saturated heterocycles. The lowest BCUT2D eigenvalue weighted by Gasteiger charge is -2.18. The topological polar surface area (TPSA) is 78.3 Å². The van der Waals surface area contributed by atoms with Crippen LogP contribution in [0.25, 0.3) is 0 Å². The number of carbonyl (C=O) groups is 1. The van der Waals surface area contributed by atoms with Gasteiger partial charge in [0.05, 0.1) is 12.9 Å². The quantitative estimate of drug-likeness (QED) is 0.411. The number of aromatic nitrogens is 3. The largest absolute Gasteiger partial charge is 0.497 e. The summed E-state index contributed by atoms with van der Waals surface area (Å²) in [6, 6.07) is 10.6. The normalized spacial score (nSPS) is 12.0. The average Bonchev–Trinajstić information content (AvgIpc) is 3.17. The van der Waals surface area contributed by atoms with Crippen molar-refractivity contribution in [2.75, 3.05) is 18.2 Å². The number of anilines is 1. The van der Waals surface area contributed by atoms with Gasteiger partial charge in [-0.1, -0.05) is 31.7 Å². The summed E-state index contributed by atoms with van der Waals surface area (Å²) >= 11 is 1.14. The second-order valence-corrected chi connectivity index (χ2v) is 8.66. The van der Waals surface area contributed by atoms with Crippen LogP contribution in [-0.4, -0.2) is 33.5 Å². The highest BCUT2D eigenvalue weighted by molar-refractivity contribution is 7.99. The van der Waals surface area contributed by atoms with Gasteiger partial charge in [0.15, 0.2) is 17.1 Å². The summed E-state index contributed by atoms with van der Waals surface area (Å²) in [5.74, 6) is -0.0136. The van der Waals surface area contributed by atoms with Crippen molar-refractivity contribution in [1.29, 1.82) is 0 Å². The highest BCUT2D eigenvalue weighted by Gasteiger charge is 2.21. The van der Waals surface area contributed by atoms with Crippen LogP contribution in [0.2, 0.25) is 0 Å². The lowest BCUT2D eigenvalue weighted by molar-refractivity contribution is -0.113. The maximum atomic E-state index is 13.8. The highest BCUT2D eigenvalue weighted by atomic mass is 32.2. The third kappa shape index (κ3) is 6.44. The maximum absolute atomic E-state index is 13.8. The summed E-state index contributed by atoms with van der Waals surface area (Å²) < 4.78 is 40.7. The number of hydrogen-bond acceptors (Lipinski definition) is 6. The van der Waals surface area contributed by atoms with Crippen LogP contribution < -0.4 is 14.8 Å². The monoisotopic (exact) mass is 476 g/mol. The molecular weight excluding hydrogens is 450 g/mol. The fourth-order valence-electron chi connectivity index (χ4n) is 3.08. The van der Waals surface area contributed by atoms with E-state index in [1.807, 2.05) is 11.5 Å². The van der Waals surface area contributed by atoms with Gasteiger partial charge in [-0.05, 0) is 49.2 Å². The van der Waals surface area contributed by atoms with E-state index in [4.69, 9.17) is 9.47 Å². The molecule has 0 saturated carbocycles. The summed E-state index contributed by atoms with van der Waals surface area (Å²) in [5.41, 5.74) is -0.464. The minimum atomic E-state index is -0.830. The number of carbonyl (C=O) groups excluding carboxylic acids is 1. The van der Waals surface area contributed by atoms with E-state index >= 15 is 0 Å². The first-order valence-electron chi connectivity index (χ1n) is 10.4. The zero-order chi connectivity index (χ0) is 24.0. The van der Waals surface area contributed by atoms with Crippen LogP contribution in [-0.2, 0) is 11.3 Å². The van der Waals surface area contributed by atoms with Crippen LogP contribution in [0, 0.1) is 17.6 Å². The molecule has 1 atom stereocenters. The van der Waals surface area contributed by atoms with E-state index in [0.717, 1.165) is 29.6 Å². The van der Waals surface area contributed by atoms with Crippen molar-refractivity contribution in [3.63, 3.8) is 0 Å². The van der Waals surface area contributed by atoms with Gasteiger partial charge in [-0.25, -0.2) is 8.78 Å². The first-order valence-corrected chi connectivity index (χ1v) is 11.4. The van der Waals surface area contributed by atoms with E-state index in [9.17, 15) is 13.6 Å². The SMILES string of the molecule is COc1ccc(OC(C)c2nnc(SCC(=O)Nc3c(F)cccc3F)n2CC(C)C)cc1. The van der Waals surface area contributed by atoms with Crippen molar-refractivity contribution in [3.8, 4) is 11.5 Å². The predicted octanol–water partition coefficient (Wildman–Crippen LogP) is 5.09. The van der Waals surface area contributed by atoms with Gasteiger partial charge in [-0.2, -0.15) is 0 Å². The Morgan fingerprint density at radius 3 is 2.30 bits per heavy atom. The Kier molecular flexibility index (Phi) is 8.26. The number of nitrogens with zero attached hydrogens (tertiary/aromatic N) is 3. The van der Waals surface area contributed by atoms with Gasteiger partial charge in [0.2, 0.25) is 5.91 Å². The smallest absolute Gasteiger partial charge is 0.235 e. The average molecular weight is 477 g/mol. The number of amides is 1. The van der Waals surface area contributed by atoms with Crippen molar-refractivity contribution in [2.24, 2.45) is 5.92 Å². The summed E-state index contributed by atoms with van der Waals surface area (Å²) in [6.07, 6.45) is -0.402. The zero-order valence-corrected chi connectivity index (χ0v) is 19.7. The first kappa shape index (κ1) is 24.5. The van der Waals surface area contributed by atoms with Crippen LogP contribution >= 0.6 is 11.8 Å². The summed E-state index contributed by atoms with van der Waals surface area (Å²) in [7, 11) is 1.60. The van der Waals surface area contributed by atoms with Crippen molar-refractivity contribution >= 4 is 23.4 Å². The fraction of sp³-hybridized carbons (Fsp3) is 0.348. The number of para-hydroxylation sites is 1. The number of rotatable bonds is 10. The second-order valence-electron chi connectivity index (χ2n) is 7.71. The standard InChI is InChI=1S/C23H26F2N4O3S/c1-14(2)12-29-22(15(3)32-17-10-8-16(31-4)9-11-17)27-28-23(29)33-13-20(30)26-21-18(24)6-5-7-19(21)25/h5-11,14-15H,12-13H2,1-4H3,(H,26,30). The molecule has 0 fully saturated rings. The molecule has 1 amide bonds. The first-order chi connectivity index (χ1) is 15.8. The van der Waals surface area contributed by atoms with E-state index in [0.29, 0.717) is 23.3 Å². The van der Waals surface area contributed by atoms with E-state index in [-0.39, 0.29) is 11.7 Å². The Labute approximate surface area is 195 Å². The maximum Gasteiger partial charge on any atom is 0.235 e. The third-order valence-electron chi connectivity index (χ3n) is 4.59. The van der Waals surface area contributed by atoms with Crippen molar-refractivity contribution < 1.29 is 23.0 Å². The molecule has 1 aromatic heterocycles. The van der Waals surface area contributed by atoms with Crippen LogP contribution in [0.15, 0.2) is 47.6 Å². The van der Waals surface area contributed by atoms with Crippen LogP contribution in [0.5, 0.6) is 11.5 Å². The second kappa shape index (κ2) is 11.1. The summed E-state index contributed by atoms with van der Waals surface area (Å²) in [6.45, 7) is 6.60. The van der Waals surface area contributed by atoms with E-state index in [1.54, 1.807) is 31.4 Å². The molecule has 10 heteroatoms. The van der Waals surface area contributed by atoms with Crippen molar-refractivity contribution in [2.45, 2.75) is 38.6 Å². The molecule has 1 unspecified atom stereocenters. The predicted molar refractivity (Wildman–Crippen MR) is 123 cm³/mol. The van der Waals surface area contributed by atoms with E-state index < -0.39 is 29.3 Å². The molecule has 0 aliphatic heterocycles. The Morgan fingerprint density at radius 1 is 1.06 bits per heavy atom. The molecule has 0 aliphatic rings. The summed E-state index contributed by atoms with van der Waals surface area (Å²) in [4.78, 5) is 12.3. The highest BCUT2D eigenvalue weighted by Crippen LogP contribution is 2.27.